The van der Waals surface area contributed by atoms with Gasteiger partial charge >= 0.3 is 0 Å². The van der Waals surface area contributed by atoms with Crippen molar-refractivity contribution in [2.75, 3.05) is 5.73 Å². The summed E-state index contributed by atoms with van der Waals surface area (Å²) in [5, 5.41) is 0. The summed E-state index contributed by atoms with van der Waals surface area (Å²) in [7, 11) is 0. The fraction of sp³-hybridized carbons (Fsp3) is 0.250. The molecule has 0 saturated heterocycles. The molecule has 0 atom stereocenters. The van der Waals surface area contributed by atoms with Crippen molar-refractivity contribution in [1.82, 2.24) is 0 Å². The largest absolute Gasteiger partial charge is 0.399 e. The molecule has 2 heteroatoms. The van der Waals surface area contributed by atoms with Gasteiger partial charge in [-0.2, -0.15) is 0 Å². The first-order valence-corrected chi connectivity index (χ1v) is 6.25. The van der Waals surface area contributed by atoms with Gasteiger partial charge < -0.3 is 11.5 Å². The summed E-state index contributed by atoms with van der Waals surface area (Å²) in [5.74, 6) is 0. The molecule has 0 aliphatic heterocycles. The van der Waals surface area contributed by atoms with E-state index in [4.69, 9.17) is 11.5 Å². The third kappa shape index (κ3) is 5.02. The molecule has 96 valence electrons. The summed E-state index contributed by atoms with van der Waals surface area (Å²) in [5.41, 5.74) is 15.5. The van der Waals surface area contributed by atoms with Gasteiger partial charge in [-0.25, -0.2) is 0 Å². The number of rotatable bonds is 2. The molecule has 0 aliphatic carbocycles. The molecule has 18 heavy (non-hydrogen) atoms. The van der Waals surface area contributed by atoms with E-state index in [9.17, 15) is 0 Å². The average molecular weight is 242 g/mol. The zero-order valence-corrected chi connectivity index (χ0v) is 11.2. The van der Waals surface area contributed by atoms with E-state index < -0.39 is 0 Å². The van der Waals surface area contributed by atoms with E-state index in [0.717, 1.165) is 12.1 Å². The minimum atomic E-state index is 0.643. The highest BCUT2D eigenvalue weighted by Crippen LogP contribution is 2.03. The van der Waals surface area contributed by atoms with Crippen LogP contribution in [0.15, 0.2) is 48.5 Å². The van der Waals surface area contributed by atoms with Crippen molar-refractivity contribution >= 4 is 5.69 Å². The zero-order chi connectivity index (χ0) is 13.4. The van der Waals surface area contributed by atoms with Crippen LogP contribution in [0.3, 0.4) is 0 Å². The Labute approximate surface area is 110 Å². The summed E-state index contributed by atoms with van der Waals surface area (Å²) in [6, 6.07) is 16.2. The van der Waals surface area contributed by atoms with E-state index in [0.29, 0.717) is 6.54 Å². The molecule has 0 aliphatic rings. The number of anilines is 1. The summed E-state index contributed by atoms with van der Waals surface area (Å²) in [4.78, 5) is 0. The van der Waals surface area contributed by atoms with Crippen molar-refractivity contribution in [2.24, 2.45) is 5.73 Å². The molecule has 0 fully saturated rings. The van der Waals surface area contributed by atoms with Crippen molar-refractivity contribution < 1.29 is 0 Å². The van der Waals surface area contributed by atoms with Crippen LogP contribution in [0.1, 0.15) is 23.6 Å². The van der Waals surface area contributed by atoms with Gasteiger partial charge in [0.1, 0.15) is 0 Å². The topological polar surface area (TPSA) is 52.0 Å². The Balaban J connectivity index is 0.000000184. The highest BCUT2D eigenvalue weighted by molar-refractivity contribution is 5.39. The minimum absolute atomic E-state index is 0.643. The van der Waals surface area contributed by atoms with Gasteiger partial charge in [0.25, 0.3) is 0 Å². The van der Waals surface area contributed by atoms with E-state index in [1.54, 1.807) is 0 Å². The smallest absolute Gasteiger partial charge is 0.0316 e. The zero-order valence-electron chi connectivity index (χ0n) is 11.2. The Morgan fingerprint density at radius 3 is 1.94 bits per heavy atom. The van der Waals surface area contributed by atoms with Crippen LogP contribution in [-0.4, -0.2) is 0 Å². The van der Waals surface area contributed by atoms with Gasteiger partial charge in [0, 0.05) is 12.2 Å². The molecule has 0 heterocycles. The second kappa shape index (κ2) is 7.51. The maximum atomic E-state index is 5.46. The lowest BCUT2D eigenvalue weighted by Gasteiger charge is -1.97. The van der Waals surface area contributed by atoms with Gasteiger partial charge in [0.2, 0.25) is 0 Å². The molecule has 2 nitrogen and oxygen atoms in total. The number of hydrogen-bond acceptors (Lipinski definition) is 2. The molecule has 0 spiro atoms. The molecule has 2 rings (SSSR count). The van der Waals surface area contributed by atoms with Crippen molar-refractivity contribution in [1.29, 1.82) is 0 Å². The lowest BCUT2D eigenvalue weighted by atomic mass is 10.1. The van der Waals surface area contributed by atoms with Gasteiger partial charge in [-0.05, 0) is 42.2 Å². The van der Waals surface area contributed by atoms with Crippen LogP contribution in [0, 0.1) is 6.92 Å². The monoisotopic (exact) mass is 242 g/mol. The summed E-state index contributed by atoms with van der Waals surface area (Å²) < 4.78 is 0. The van der Waals surface area contributed by atoms with Gasteiger partial charge in [-0.15, -0.1) is 0 Å². The van der Waals surface area contributed by atoms with E-state index in [1.807, 2.05) is 31.2 Å². The molecule has 0 radical (unpaired) electrons. The lowest BCUT2D eigenvalue weighted by Crippen LogP contribution is -1.95. The Bertz CT molecular complexity index is 421. The summed E-state index contributed by atoms with van der Waals surface area (Å²) in [6.07, 6.45) is 1.10. The molecule has 0 saturated carbocycles. The van der Waals surface area contributed by atoms with Crippen molar-refractivity contribution in [3.05, 3.63) is 65.2 Å². The first-order valence-electron chi connectivity index (χ1n) is 6.25. The Morgan fingerprint density at radius 1 is 0.944 bits per heavy atom. The van der Waals surface area contributed by atoms with Crippen LogP contribution in [0.5, 0.6) is 0 Å². The molecule has 0 aromatic heterocycles. The normalized spacial score (nSPS) is 9.50. The molecule has 4 N–H and O–H groups in total. The third-order valence-electron chi connectivity index (χ3n) is 2.71. The second-order valence-electron chi connectivity index (χ2n) is 4.29. The Hall–Kier alpha value is -1.80. The van der Waals surface area contributed by atoms with Gasteiger partial charge in [-0.3, -0.25) is 0 Å². The number of aryl methyl sites for hydroxylation is 2. The average Bonchev–Trinajstić information content (AvgIpc) is 2.39. The second-order valence-corrected chi connectivity index (χ2v) is 4.29. The highest BCUT2D eigenvalue weighted by Gasteiger charge is 1.88. The molecular formula is C16H22N2. The number of nitrogens with two attached hydrogens (primary N) is 2. The first-order chi connectivity index (χ1) is 8.65. The summed E-state index contributed by atoms with van der Waals surface area (Å²) in [6.45, 7) is 4.82. The minimum Gasteiger partial charge on any atom is -0.399 e. The van der Waals surface area contributed by atoms with E-state index >= 15 is 0 Å². The van der Waals surface area contributed by atoms with Crippen molar-refractivity contribution in [3.63, 3.8) is 0 Å². The predicted octanol–water partition coefficient (Wildman–Crippen LogP) is 3.28. The maximum absolute atomic E-state index is 5.46. The molecular weight excluding hydrogens is 220 g/mol. The fourth-order valence-corrected chi connectivity index (χ4v) is 1.58. The lowest BCUT2D eigenvalue weighted by molar-refractivity contribution is 1.06. The first kappa shape index (κ1) is 14.3. The van der Waals surface area contributed by atoms with Crippen LogP contribution >= 0.6 is 0 Å². The highest BCUT2D eigenvalue weighted by atomic mass is 14.5. The molecule has 2 aromatic carbocycles. The quantitative estimate of drug-likeness (QED) is 0.794. The van der Waals surface area contributed by atoms with E-state index in [-0.39, 0.29) is 0 Å². The maximum Gasteiger partial charge on any atom is 0.0316 e. The molecule has 0 bridgehead atoms. The van der Waals surface area contributed by atoms with Gasteiger partial charge in [0.15, 0.2) is 0 Å². The number of nitrogen functional groups attached to an aromatic ring is 1. The van der Waals surface area contributed by atoms with Crippen LogP contribution in [0.25, 0.3) is 0 Å². The number of benzene rings is 2. The van der Waals surface area contributed by atoms with Crippen LogP contribution < -0.4 is 11.5 Å². The summed E-state index contributed by atoms with van der Waals surface area (Å²) >= 11 is 0. The predicted molar refractivity (Wildman–Crippen MR) is 79.3 cm³/mol. The fourth-order valence-electron chi connectivity index (χ4n) is 1.58. The standard InChI is InChI=1S/C9H13N.C7H9N/c1-2-8-3-5-9(7-10)6-4-8;1-6-3-2-4-7(8)5-6/h3-6H,2,7,10H2,1H3;2-5H,8H2,1H3. The molecule has 0 amide bonds. The van der Waals surface area contributed by atoms with Gasteiger partial charge in [-0.1, -0.05) is 43.3 Å². The molecule has 2 aromatic rings. The van der Waals surface area contributed by atoms with Gasteiger partial charge in [0.05, 0.1) is 0 Å². The van der Waals surface area contributed by atoms with E-state index in [2.05, 4.69) is 31.2 Å². The van der Waals surface area contributed by atoms with Crippen LogP contribution in [-0.2, 0) is 13.0 Å². The van der Waals surface area contributed by atoms with Crippen molar-refractivity contribution in [3.8, 4) is 0 Å². The Kier molecular flexibility index (Phi) is 5.95. The number of hydrogen-bond donors (Lipinski definition) is 2. The van der Waals surface area contributed by atoms with E-state index in [1.165, 1.54) is 16.7 Å². The SMILES string of the molecule is CCc1ccc(CN)cc1.Cc1cccc(N)c1. The molecule has 0 unspecified atom stereocenters. The van der Waals surface area contributed by atoms with Crippen LogP contribution in [0.4, 0.5) is 5.69 Å². The Morgan fingerprint density at radius 2 is 1.56 bits per heavy atom. The van der Waals surface area contributed by atoms with Crippen LogP contribution in [0.2, 0.25) is 0 Å². The van der Waals surface area contributed by atoms with Crippen molar-refractivity contribution in [2.45, 2.75) is 26.8 Å². The third-order valence-corrected chi connectivity index (χ3v) is 2.71.